The van der Waals surface area contributed by atoms with Crippen molar-refractivity contribution in [2.45, 2.75) is 6.04 Å². The van der Waals surface area contributed by atoms with Gasteiger partial charge in [-0.15, -0.1) is 0 Å². The maximum Gasteiger partial charge on any atom is 0.294 e. The third-order valence-corrected chi connectivity index (χ3v) is 3.25. The highest BCUT2D eigenvalue weighted by atomic mass is 35.5. The third kappa shape index (κ3) is 2.78. The summed E-state index contributed by atoms with van der Waals surface area (Å²) in [6.07, 6.45) is 0. The maximum absolute atomic E-state index is 13.5. The molecule has 0 radical (unpaired) electrons. The molecule has 8 heteroatoms. The summed E-state index contributed by atoms with van der Waals surface area (Å²) >= 11 is 5.57. The number of benzene rings is 1. The molecular weight excluding hydrogens is 279 g/mol. The van der Waals surface area contributed by atoms with Crippen LogP contribution in [0.1, 0.15) is 0 Å². The number of halogens is 2. The van der Waals surface area contributed by atoms with E-state index in [0.717, 1.165) is 12.1 Å². The molecule has 0 aliphatic carbocycles. The van der Waals surface area contributed by atoms with Crippen molar-refractivity contribution in [3.8, 4) is 0 Å². The molecule has 1 N–H and O–H groups in total. The molecular formula is C11H12ClFN2O4. The monoisotopic (exact) mass is 290 g/mol. The van der Waals surface area contributed by atoms with Crippen LogP contribution in [0.25, 0.3) is 0 Å². The van der Waals surface area contributed by atoms with Crippen molar-refractivity contribution in [1.82, 2.24) is 0 Å². The lowest BCUT2D eigenvalue weighted by atomic mass is 10.1. The highest BCUT2D eigenvalue weighted by Gasteiger charge is 2.29. The van der Waals surface area contributed by atoms with Crippen molar-refractivity contribution in [2.24, 2.45) is 0 Å². The van der Waals surface area contributed by atoms with E-state index in [-0.39, 0.29) is 29.6 Å². The van der Waals surface area contributed by atoms with E-state index >= 15 is 0 Å². The first kappa shape index (κ1) is 14.0. The maximum atomic E-state index is 13.5. The second-order valence-corrected chi connectivity index (χ2v) is 4.52. The average molecular weight is 291 g/mol. The van der Waals surface area contributed by atoms with Gasteiger partial charge in [0.05, 0.1) is 35.8 Å². The highest BCUT2D eigenvalue weighted by molar-refractivity contribution is 6.31. The van der Waals surface area contributed by atoms with Gasteiger partial charge in [-0.1, -0.05) is 11.6 Å². The minimum Gasteiger partial charge on any atom is -0.394 e. The Balaban J connectivity index is 2.47. The van der Waals surface area contributed by atoms with E-state index in [1.807, 2.05) is 0 Å². The number of morpholine rings is 1. The van der Waals surface area contributed by atoms with Gasteiger partial charge in [0.15, 0.2) is 0 Å². The molecule has 1 aromatic carbocycles. The fraction of sp³-hybridized carbons (Fsp3) is 0.455. The summed E-state index contributed by atoms with van der Waals surface area (Å²) in [5, 5.41) is 20.0. The Bertz CT molecular complexity index is 500. The molecule has 1 saturated heterocycles. The van der Waals surface area contributed by atoms with E-state index in [0.29, 0.717) is 13.2 Å². The van der Waals surface area contributed by atoms with Crippen LogP contribution < -0.4 is 4.90 Å². The molecule has 1 fully saturated rings. The van der Waals surface area contributed by atoms with Crippen molar-refractivity contribution in [2.75, 3.05) is 31.3 Å². The Kier molecular flexibility index (Phi) is 4.18. The van der Waals surface area contributed by atoms with E-state index in [4.69, 9.17) is 16.3 Å². The molecule has 104 valence electrons. The lowest BCUT2D eigenvalue weighted by Crippen LogP contribution is -2.47. The predicted octanol–water partition coefficient (Wildman–Crippen LogP) is 1.58. The summed E-state index contributed by atoms with van der Waals surface area (Å²) in [5.41, 5.74) is -0.180. The average Bonchev–Trinajstić information content (AvgIpc) is 2.41. The molecule has 1 unspecified atom stereocenters. The van der Waals surface area contributed by atoms with Crippen LogP contribution in [0.2, 0.25) is 5.02 Å². The zero-order chi connectivity index (χ0) is 14.0. The number of aliphatic hydroxyl groups is 1. The van der Waals surface area contributed by atoms with Crippen LogP contribution in [-0.4, -0.2) is 42.4 Å². The Labute approximate surface area is 113 Å². The molecule has 19 heavy (non-hydrogen) atoms. The van der Waals surface area contributed by atoms with Gasteiger partial charge >= 0.3 is 0 Å². The normalized spacial score (nSPS) is 19.5. The van der Waals surface area contributed by atoms with Crippen molar-refractivity contribution in [3.05, 3.63) is 33.1 Å². The number of hydrogen-bond acceptors (Lipinski definition) is 5. The van der Waals surface area contributed by atoms with Crippen LogP contribution in [0, 0.1) is 15.9 Å². The van der Waals surface area contributed by atoms with Gasteiger partial charge in [0.25, 0.3) is 5.69 Å². The van der Waals surface area contributed by atoms with Gasteiger partial charge in [0.2, 0.25) is 0 Å². The molecule has 0 spiro atoms. The van der Waals surface area contributed by atoms with E-state index in [1.165, 1.54) is 0 Å². The number of nitro benzene ring substituents is 1. The second-order valence-electron chi connectivity index (χ2n) is 4.12. The lowest BCUT2D eigenvalue weighted by Gasteiger charge is -2.35. The molecule has 1 atom stereocenters. The molecule has 1 aromatic rings. The Morgan fingerprint density at radius 1 is 1.63 bits per heavy atom. The van der Waals surface area contributed by atoms with Crippen LogP contribution in [0.3, 0.4) is 0 Å². The molecule has 0 bridgehead atoms. The minimum absolute atomic E-state index is 0.106. The van der Waals surface area contributed by atoms with Gasteiger partial charge in [-0.05, 0) is 0 Å². The SMILES string of the molecule is O=[N+]([O-])c1cc(Cl)c(F)cc1N1CCOCC1CO. The number of nitro groups is 1. The van der Waals surface area contributed by atoms with Gasteiger partial charge in [-0.3, -0.25) is 10.1 Å². The van der Waals surface area contributed by atoms with Gasteiger partial charge in [0, 0.05) is 18.7 Å². The molecule has 2 rings (SSSR count). The van der Waals surface area contributed by atoms with Gasteiger partial charge < -0.3 is 14.7 Å². The summed E-state index contributed by atoms with van der Waals surface area (Å²) < 4.78 is 18.7. The first-order valence-electron chi connectivity index (χ1n) is 5.63. The van der Waals surface area contributed by atoms with Crippen LogP contribution in [0.4, 0.5) is 15.8 Å². The second kappa shape index (κ2) is 5.68. The molecule has 1 heterocycles. The number of aliphatic hydroxyl groups excluding tert-OH is 1. The number of rotatable bonds is 3. The number of ether oxygens (including phenoxy) is 1. The van der Waals surface area contributed by atoms with Crippen molar-refractivity contribution < 1.29 is 19.2 Å². The van der Waals surface area contributed by atoms with E-state index in [1.54, 1.807) is 4.90 Å². The van der Waals surface area contributed by atoms with Crippen LogP contribution in [-0.2, 0) is 4.74 Å². The van der Waals surface area contributed by atoms with Crippen molar-refractivity contribution >= 4 is 23.0 Å². The number of hydrogen-bond donors (Lipinski definition) is 1. The van der Waals surface area contributed by atoms with E-state index in [2.05, 4.69) is 0 Å². The van der Waals surface area contributed by atoms with Gasteiger partial charge in [0.1, 0.15) is 11.5 Å². The molecule has 0 saturated carbocycles. The van der Waals surface area contributed by atoms with Gasteiger partial charge in [-0.2, -0.15) is 0 Å². The number of anilines is 1. The topological polar surface area (TPSA) is 75.8 Å². The quantitative estimate of drug-likeness (QED) is 0.676. The molecule has 6 nitrogen and oxygen atoms in total. The number of nitrogens with zero attached hydrogens (tertiary/aromatic N) is 2. The standard InChI is InChI=1S/C11H12ClFN2O4/c12-8-3-11(15(17)18)10(4-9(8)13)14-1-2-19-6-7(14)5-16/h3-4,7,16H,1-2,5-6H2. The Hall–Kier alpha value is -1.44. The Morgan fingerprint density at radius 2 is 2.37 bits per heavy atom. The van der Waals surface area contributed by atoms with Crippen LogP contribution >= 0.6 is 11.6 Å². The smallest absolute Gasteiger partial charge is 0.294 e. The Morgan fingerprint density at radius 3 is 3.00 bits per heavy atom. The van der Waals surface area contributed by atoms with E-state index < -0.39 is 16.8 Å². The first-order chi connectivity index (χ1) is 9.04. The van der Waals surface area contributed by atoms with Crippen LogP contribution in [0.5, 0.6) is 0 Å². The molecule has 0 amide bonds. The largest absolute Gasteiger partial charge is 0.394 e. The zero-order valence-electron chi connectivity index (χ0n) is 9.88. The summed E-state index contributed by atoms with van der Waals surface area (Å²) in [5.74, 6) is -0.731. The first-order valence-corrected chi connectivity index (χ1v) is 6.01. The third-order valence-electron chi connectivity index (χ3n) is 2.96. The summed E-state index contributed by atoms with van der Waals surface area (Å²) in [4.78, 5) is 12.0. The summed E-state index contributed by atoms with van der Waals surface area (Å²) in [6.45, 7) is 0.699. The summed E-state index contributed by atoms with van der Waals surface area (Å²) in [7, 11) is 0. The fourth-order valence-corrected chi connectivity index (χ4v) is 2.18. The highest BCUT2D eigenvalue weighted by Crippen LogP contribution is 2.34. The minimum atomic E-state index is -0.731. The fourth-order valence-electron chi connectivity index (χ4n) is 2.03. The zero-order valence-corrected chi connectivity index (χ0v) is 10.6. The molecule has 0 aromatic heterocycles. The molecule has 1 aliphatic heterocycles. The van der Waals surface area contributed by atoms with Crippen molar-refractivity contribution in [3.63, 3.8) is 0 Å². The summed E-state index contributed by atoms with van der Waals surface area (Å²) in [6, 6.07) is 1.57. The van der Waals surface area contributed by atoms with Gasteiger partial charge in [-0.25, -0.2) is 4.39 Å². The van der Waals surface area contributed by atoms with E-state index in [9.17, 15) is 19.6 Å². The van der Waals surface area contributed by atoms with Crippen molar-refractivity contribution in [1.29, 1.82) is 0 Å². The lowest BCUT2D eigenvalue weighted by molar-refractivity contribution is -0.384. The van der Waals surface area contributed by atoms with Crippen LogP contribution in [0.15, 0.2) is 12.1 Å². The molecule has 1 aliphatic rings. The predicted molar refractivity (Wildman–Crippen MR) is 67.1 cm³/mol.